The maximum absolute atomic E-state index is 12.2. The predicted molar refractivity (Wildman–Crippen MR) is 79.7 cm³/mol. The van der Waals surface area contributed by atoms with Gasteiger partial charge < -0.3 is 5.73 Å². The minimum Gasteiger partial charge on any atom is -0.399 e. The quantitative estimate of drug-likeness (QED) is 0.822. The van der Waals surface area contributed by atoms with Gasteiger partial charge >= 0.3 is 0 Å². The molecule has 0 saturated carbocycles. The van der Waals surface area contributed by atoms with Crippen LogP contribution in [0.15, 0.2) is 23.1 Å². The van der Waals surface area contributed by atoms with Crippen molar-refractivity contribution in [2.45, 2.75) is 32.6 Å². The summed E-state index contributed by atoms with van der Waals surface area (Å²) in [5, 5.41) is 0.170. The zero-order valence-corrected chi connectivity index (χ0v) is 13.3. The second-order valence-electron chi connectivity index (χ2n) is 5.66. The lowest BCUT2D eigenvalue weighted by atomic mass is 9.81. The molecule has 0 aliphatic heterocycles. The first-order valence-electron chi connectivity index (χ1n) is 6.11. The standard InChI is InChI=1S/C13H21ClN2O2S/c1-9(2)13(3,4)8-16-19(17,18)12-7-10(15)5-6-11(12)14/h5-7,9,16H,8,15H2,1-4H3. The molecule has 108 valence electrons. The molecule has 0 radical (unpaired) electrons. The normalized spacial score (nSPS) is 12.9. The van der Waals surface area contributed by atoms with Crippen molar-refractivity contribution in [3.05, 3.63) is 23.2 Å². The van der Waals surface area contributed by atoms with Crippen molar-refractivity contribution in [1.29, 1.82) is 0 Å². The Balaban J connectivity index is 2.97. The summed E-state index contributed by atoms with van der Waals surface area (Å²) in [5.41, 5.74) is 5.83. The van der Waals surface area contributed by atoms with Gasteiger partial charge in [0.15, 0.2) is 0 Å². The van der Waals surface area contributed by atoms with Gasteiger partial charge in [0.1, 0.15) is 4.90 Å². The van der Waals surface area contributed by atoms with Crippen molar-refractivity contribution in [1.82, 2.24) is 4.72 Å². The largest absolute Gasteiger partial charge is 0.399 e. The Kier molecular flexibility index (Phi) is 4.87. The second-order valence-corrected chi connectivity index (χ2v) is 7.80. The topological polar surface area (TPSA) is 72.2 Å². The zero-order chi connectivity index (χ0) is 14.8. The summed E-state index contributed by atoms with van der Waals surface area (Å²) in [4.78, 5) is 0.0220. The number of benzene rings is 1. The van der Waals surface area contributed by atoms with Crippen molar-refractivity contribution in [2.24, 2.45) is 11.3 Å². The molecule has 0 aliphatic carbocycles. The van der Waals surface area contributed by atoms with Crippen LogP contribution in [0, 0.1) is 11.3 Å². The van der Waals surface area contributed by atoms with Crippen LogP contribution in [0.5, 0.6) is 0 Å². The number of nitrogens with two attached hydrogens (primary N) is 1. The minimum atomic E-state index is -3.64. The number of nitrogens with one attached hydrogen (secondary N) is 1. The summed E-state index contributed by atoms with van der Waals surface area (Å²) in [6.07, 6.45) is 0. The molecular formula is C13H21ClN2O2S. The smallest absolute Gasteiger partial charge is 0.242 e. The first kappa shape index (κ1) is 16.3. The van der Waals surface area contributed by atoms with E-state index in [-0.39, 0.29) is 15.3 Å². The van der Waals surface area contributed by atoms with E-state index in [1.165, 1.54) is 12.1 Å². The van der Waals surface area contributed by atoms with Gasteiger partial charge in [-0.2, -0.15) is 0 Å². The molecule has 0 spiro atoms. The van der Waals surface area contributed by atoms with Crippen LogP contribution < -0.4 is 10.5 Å². The molecule has 0 unspecified atom stereocenters. The van der Waals surface area contributed by atoms with E-state index in [2.05, 4.69) is 18.6 Å². The first-order chi connectivity index (χ1) is 8.56. The van der Waals surface area contributed by atoms with Crippen LogP contribution in [0.25, 0.3) is 0 Å². The molecule has 0 saturated heterocycles. The molecule has 0 heterocycles. The SMILES string of the molecule is CC(C)C(C)(C)CNS(=O)(=O)c1cc(N)ccc1Cl. The van der Waals surface area contributed by atoms with Crippen molar-refractivity contribution in [3.8, 4) is 0 Å². The van der Waals surface area contributed by atoms with Gasteiger partial charge in [-0.15, -0.1) is 0 Å². The average Bonchev–Trinajstić information content (AvgIpc) is 2.30. The fourth-order valence-corrected chi connectivity index (χ4v) is 3.04. The maximum Gasteiger partial charge on any atom is 0.242 e. The predicted octanol–water partition coefficient (Wildman–Crippen LogP) is 2.88. The minimum absolute atomic E-state index is 0.0220. The molecule has 0 atom stereocenters. The Hall–Kier alpha value is -0.780. The zero-order valence-electron chi connectivity index (χ0n) is 11.7. The number of anilines is 1. The summed E-state index contributed by atoms with van der Waals surface area (Å²) < 4.78 is 27.0. The second kappa shape index (κ2) is 5.69. The third kappa shape index (κ3) is 4.09. The molecule has 6 heteroatoms. The van der Waals surface area contributed by atoms with Crippen molar-refractivity contribution in [3.63, 3.8) is 0 Å². The van der Waals surface area contributed by atoms with E-state index in [4.69, 9.17) is 17.3 Å². The van der Waals surface area contributed by atoms with Crippen LogP contribution in [0.1, 0.15) is 27.7 Å². The third-order valence-electron chi connectivity index (χ3n) is 3.53. The Labute approximate surface area is 120 Å². The molecular weight excluding hydrogens is 284 g/mol. The van der Waals surface area contributed by atoms with E-state index in [0.717, 1.165) is 0 Å². The van der Waals surface area contributed by atoms with Crippen LogP contribution in [-0.4, -0.2) is 15.0 Å². The molecule has 1 rings (SSSR count). The Bertz CT molecular complexity index is 554. The van der Waals surface area contributed by atoms with Crippen LogP contribution in [-0.2, 0) is 10.0 Å². The monoisotopic (exact) mass is 304 g/mol. The summed E-state index contributed by atoms with van der Waals surface area (Å²) in [5.74, 6) is 0.353. The molecule has 0 aliphatic rings. The molecule has 4 nitrogen and oxygen atoms in total. The highest BCUT2D eigenvalue weighted by atomic mass is 35.5. The summed E-state index contributed by atoms with van der Waals surface area (Å²) in [6.45, 7) is 8.49. The van der Waals surface area contributed by atoms with E-state index in [1.54, 1.807) is 6.07 Å². The highest BCUT2D eigenvalue weighted by molar-refractivity contribution is 7.89. The highest BCUT2D eigenvalue weighted by Crippen LogP contribution is 2.27. The summed E-state index contributed by atoms with van der Waals surface area (Å²) >= 11 is 5.92. The molecule has 0 fully saturated rings. The lowest BCUT2D eigenvalue weighted by molar-refractivity contribution is 0.252. The number of sulfonamides is 1. The van der Waals surface area contributed by atoms with Crippen molar-refractivity contribution >= 4 is 27.3 Å². The lowest BCUT2D eigenvalue weighted by Gasteiger charge is -2.29. The molecule has 1 aromatic rings. The van der Waals surface area contributed by atoms with Gasteiger partial charge in [-0.3, -0.25) is 0 Å². The van der Waals surface area contributed by atoms with Crippen LogP contribution >= 0.6 is 11.6 Å². The Morgan fingerprint density at radius 2 is 1.95 bits per heavy atom. The van der Waals surface area contributed by atoms with E-state index < -0.39 is 10.0 Å². The Morgan fingerprint density at radius 1 is 1.37 bits per heavy atom. The number of rotatable bonds is 5. The number of hydrogen-bond acceptors (Lipinski definition) is 3. The first-order valence-corrected chi connectivity index (χ1v) is 7.97. The van der Waals surface area contributed by atoms with Gasteiger partial charge in [0, 0.05) is 12.2 Å². The summed E-state index contributed by atoms with van der Waals surface area (Å²) in [6, 6.07) is 4.42. The molecule has 1 aromatic carbocycles. The molecule has 0 aromatic heterocycles. The number of hydrogen-bond donors (Lipinski definition) is 2. The number of halogens is 1. The van der Waals surface area contributed by atoms with Gasteiger partial charge in [0.2, 0.25) is 10.0 Å². The fourth-order valence-electron chi connectivity index (χ4n) is 1.29. The van der Waals surface area contributed by atoms with Gasteiger partial charge in [0.25, 0.3) is 0 Å². The molecule has 0 bridgehead atoms. The van der Waals surface area contributed by atoms with Gasteiger partial charge in [0.05, 0.1) is 5.02 Å². The number of nitrogen functional groups attached to an aromatic ring is 1. The van der Waals surface area contributed by atoms with E-state index in [0.29, 0.717) is 18.2 Å². The van der Waals surface area contributed by atoms with Crippen molar-refractivity contribution < 1.29 is 8.42 Å². The highest BCUT2D eigenvalue weighted by Gasteiger charge is 2.26. The van der Waals surface area contributed by atoms with Crippen LogP contribution in [0.3, 0.4) is 0 Å². The Morgan fingerprint density at radius 3 is 2.47 bits per heavy atom. The summed E-state index contributed by atoms with van der Waals surface area (Å²) in [7, 11) is -3.64. The molecule has 0 amide bonds. The van der Waals surface area contributed by atoms with Crippen LogP contribution in [0.2, 0.25) is 5.02 Å². The van der Waals surface area contributed by atoms with Gasteiger partial charge in [-0.05, 0) is 29.5 Å². The van der Waals surface area contributed by atoms with Crippen molar-refractivity contribution in [2.75, 3.05) is 12.3 Å². The van der Waals surface area contributed by atoms with Gasteiger partial charge in [-0.1, -0.05) is 39.3 Å². The van der Waals surface area contributed by atoms with E-state index in [1.807, 2.05) is 13.8 Å². The average molecular weight is 305 g/mol. The fraction of sp³-hybridized carbons (Fsp3) is 0.538. The van der Waals surface area contributed by atoms with Gasteiger partial charge in [-0.25, -0.2) is 13.1 Å². The third-order valence-corrected chi connectivity index (χ3v) is 5.41. The molecule has 3 N–H and O–H groups in total. The maximum atomic E-state index is 12.2. The van der Waals surface area contributed by atoms with Crippen LogP contribution in [0.4, 0.5) is 5.69 Å². The lowest BCUT2D eigenvalue weighted by Crippen LogP contribution is -2.37. The van der Waals surface area contributed by atoms with E-state index >= 15 is 0 Å². The molecule has 19 heavy (non-hydrogen) atoms. The van der Waals surface area contributed by atoms with E-state index in [9.17, 15) is 8.42 Å².